The van der Waals surface area contributed by atoms with E-state index in [1.807, 2.05) is 18.3 Å². The normalized spacial score (nSPS) is 17.7. The van der Waals surface area contributed by atoms with Gasteiger partial charge in [0.1, 0.15) is 0 Å². The second kappa shape index (κ2) is 4.86. The molecule has 2 aromatic heterocycles. The molecule has 1 aliphatic heterocycles. The number of pyridine rings is 1. The highest BCUT2D eigenvalue weighted by molar-refractivity contribution is 7.99. The van der Waals surface area contributed by atoms with Crippen molar-refractivity contribution < 1.29 is 0 Å². The molecular formula is C12H14ClN3S. The van der Waals surface area contributed by atoms with E-state index < -0.39 is 0 Å². The Bertz CT molecular complexity index is 519. The van der Waals surface area contributed by atoms with Crippen molar-refractivity contribution in [2.24, 2.45) is 5.92 Å². The molecule has 0 bridgehead atoms. The van der Waals surface area contributed by atoms with Crippen molar-refractivity contribution in [1.82, 2.24) is 14.6 Å². The lowest BCUT2D eigenvalue weighted by atomic mass is 9.99. The summed E-state index contributed by atoms with van der Waals surface area (Å²) in [7, 11) is 0. The first-order chi connectivity index (χ1) is 8.31. The molecule has 0 saturated carbocycles. The van der Waals surface area contributed by atoms with Crippen LogP contribution in [-0.2, 0) is 6.42 Å². The van der Waals surface area contributed by atoms with Gasteiger partial charge in [0, 0.05) is 23.7 Å². The lowest BCUT2D eigenvalue weighted by Gasteiger charge is -2.19. The molecule has 0 unspecified atom stereocenters. The van der Waals surface area contributed by atoms with E-state index in [9.17, 15) is 0 Å². The topological polar surface area (TPSA) is 30.2 Å². The number of rotatable bonds is 2. The van der Waals surface area contributed by atoms with Gasteiger partial charge in [-0.15, -0.1) is 0 Å². The Kier molecular flexibility index (Phi) is 3.25. The van der Waals surface area contributed by atoms with E-state index in [0.29, 0.717) is 5.02 Å². The smallest absolute Gasteiger partial charge is 0.157 e. The van der Waals surface area contributed by atoms with E-state index in [4.69, 9.17) is 11.6 Å². The molecule has 3 rings (SSSR count). The fourth-order valence-electron chi connectivity index (χ4n) is 2.20. The fraction of sp³-hybridized carbons (Fsp3) is 0.500. The van der Waals surface area contributed by atoms with Gasteiger partial charge in [-0.2, -0.15) is 16.9 Å². The summed E-state index contributed by atoms with van der Waals surface area (Å²) in [5.74, 6) is 4.27. The maximum Gasteiger partial charge on any atom is 0.157 e. The quantitative estimate of drug-likeness (QED) is 0.838. The maximum atomic E-state index is 5.94. The molecule has 3 heterocycles. The van der Waals surface area contributed by atoms with Crippen LogP contribution in [0.1, 0.15) is 18.7 Å². The van der Waals surface area contributed by atoms with Crippen molar-refractivity contribution >= 4 is 29.0 Å². The Morgan fingerprint density at radius 2 is 2.24 bits per heavy atom. The predicted molar refractivity (Wildman–Crippen MR) is 71.8 cm³/mol. The molecule has 0 atom stereocenters. The van der Waals surface area contributed by atoms with Crippen LogP contribution >= 0.6 is 23.4 Å². The van der Waals surface area contributed by atoms with E-state index in [2.05, 4.69) is 21.8 Å². The van der Waals surface area contributed by atoms with Gasteiger partial charge in [0.05, 0.1) is 0 Å². The minimum atomic E-state index is 0.713. The molecule has 1 fully saturated rings. The van der Waals surface area contributed by atoms with Crippen molar-refractivity contribution in [3.8, 4) is 0 Å². The van der Waals surface area contributed by atoms with E-state index in [1.54, 1.807) is 4.52 Å². The highest BCUT2D eigenvalue weighted by atomic mass is 35.5. The van der Waals surface area contributed by atoms with E-state index in [1.165, 1.54) is 24.3 Å². The minimum Gasteiger partial charge on any atom is -0.221 e. The molecule has 5 heteroatoms. The molecule has 2 aromatic rings. The van der Waals surface area contributed by atoms with Crippen LogP contribution < -0.4 is 0 Å². The Balaban J connectivity index is 1.80. The molecule has 1 saturated heterocycles. The van der Waals surface area contributed by atoms with Crippen LogP contribution in [0.25, 0.3) is 5.65 Å². The lowest BCUT2D eigenvalue weighted by Crippen LogP contribution is -2.13. The number of fused-ring (bicyclic) bond motifs is 1. The van der Waals surface area contributed by atoms with E-state index in [-0.39, 0.29) is 0 Å². The van der Waals surface area contributed by atoms with Crippen molar-refractivity contribution in [3.05, 3.63) is 29.2 Å². The molecule has 0 amide bonds. The zero-order valence-corrected chi connectivity index (χ0v) is 11.0. The van der Waals surface area contributed by atoms with Gasteiger partial charge in [0.25, 0.3) is 0 Å². The van der Waals surface area contributed by atoms with Gasteiger partial charge in [-0.1, -0.05) is 11.6 Å². The van der Waals surface area contributed by atoms with Crippen molar-refractivity contribution in [3.63, 3.8) is 0 Å². The van der Waals surface area contributed by atoms with Crippen LogP contribution in [0.3, 0.4) is 0 Å². The third-order valence-electron chi connectivity index (χ3n) is 3.16. The average Bonchev–Trinajstić information content (AvgIpc) is 2.71. The lowest BCUT2D eigenvalue weighted by molar-refractivity contribution is 0.476. The number of thioether (sulfide) groups is 1. The minimum absolute atomic E-state index is 0.713. The number of hydrogen-bond acceptors (Lipinski definition) is 3. The Labute approximate surface area is 110 Å². The molecule has 0 spiro atoms. The van der Waals surface area contributed by atoms with Gasteiger partial charge in [-0.05, 0) is 36.3 Å². The number of hydrogen-bond donors (Lipinski definition) is 0. The van der Waals surface area contributed by atoms with Gasteiger partial charge in [-0.25, -0.2) is 9.50 Å². The summed E-state index contributed by atoms with van der Waals surface area (Å²) in [5.41, 5.74) is 0.845. The molecule has 1 aliphatic rings. The van der Waals surface area contributed by atoms with Gasteiger partial charge in [-0.3, -0.25) is 0 Å². The zero-order valence-electron chi connectivity index (χ0n) is 9.47. The van der Waals surface area contributed by atoms with Crippen molar-refractivity contribution in [2.45, 2.75) is 19.3 Å². The summed E-state index contributed by atoms with van der Waals surface area (Å²) in [5, 5.41) is 5.20. The molecule has 0 aliphatic carbocycles. The molecule has 0 aromatic carbocycles. The summed E-state index contributed by atoms with van der Waals surface area (Å²) < 4.78 is 1.80. The van der Waals surface area contributed by atoms with Gasteiger partial charge < -0.3 is 0 Å². The number of nitrogens with zero attached hydrogens (tertiary/aromatic N) is 3. The monoisotopic (exact) mass is 267 g/mol. The first-order valence-electron chi connectivity index (χ1n) is 5.90. The highest BCUT2D eigenvalue weighted by Crippen LogP contribution is 2.25. The third-order valence-corrected chi connectivity index (χ3v) is 4.44. The first-order valence-corrected chi connectivity index (χ1v) is 7.43. The summed E-state index contributed by atoms with van der Waals surface area (Å²) >= 11 is 7.99. The van der Waals surface area contributed by atoms with Crippen LogP contribution in [0.5, 0.6) is 0 Å². The SMILES string of the molecule is Clc1ccn2nc(CC3CCSCC3)nc2c1. The van der Waals surface area contributed by atoms with Crippen LogP contribution in [-0.4, -0.2) is 26.1 Å². The first kappa shape index (κ1) is 11.4. The predicted octanol–water partition coefficient (Wildman–Crippen LogP) is 3.07. The molecule has 3 nitrogen and oxygen atoms in total. The Hall–Kier alpha value is -0.740. The van der Waals surface area contributed by atoms with Crippen LogP contribution in [0, 0.1) is 5.92 Å². The molecular weight excluding hydrogens is 254 g/mol. The average molecular weight is 268 g/mol. The van der Waals surface area contributed by atoms with Gasteiger partial charge in [0.15, 0.2) is 11.5 Å². The van der Waals surface area contributed by atoms with Crippen LogP contribution in [0.15, 0.2) is 18.3 Å². The summed E-state index contributed by atoms with van der Waals surface area (Å²) in [6, 6.07) is 3.69. The molecule has 0 radical (unpaired) electrons. The maximum absolute atomic E-state index is 5.94. The summed E-state index contributed by atoms with van der Waals surface area (Å²) in [6.07, 6.45) is 5.45. The molecule has 0 N–H and O–H groups in total. The van der Waals surface area contributed by atoms with Crippen LogP contribution in [0.4, 0.5) is 0 Å². The summed E-state index contributed by atoms with van der Waals surface area (Å²) in [4.78, 5) is 4.53. The third kappa shape index (κ3) is 2.58. The van der Waals surface area contributed by atoms with Gasteiger partial charge >= 0.3 is 0 Å². The summed E-state index contributed by atoms with van der Waals surface area (Å²) in [6.45, 7) is 0. The number of aromatic nitrogens is 3. The fourth-order valence-corrected chi connectivity index (χ4v) is 3.56. The molecule has 17 heavy (non-hydrogen) atoms. The Morgan fingerprint density at radius 1 is 1.41 bits per heavy atom. The largest absolute Gasteiger partial charge is 0.221 e. The molecule has 90 valence electrons. The standard InChI is InChI=1S/C12H14ClN3S/c13-10-1-4-16-12(8-10)14-11(15-16)7-9-2-5-17-6-3-9/h1,4,8-9H,2-3,5-7H2. The number of halogens is 1. The van der Waals surface area contributed by atoms with Crippen LogP contribution in [0.2, 0.25) is 5.02 Å². The van der Waals surface area contributed by atoms with Crippen molar-refractivity contribution in [1.29, 1.82) is 0 Å². The zero-order chi connectivity index (χ0) is 11.7. The highest BCUT2D eigenvalue weighted by Gasteiger charge is 2.16. The van der Waals surface area contributed by atoms with Gasteiger partial charge in [0.2, 0.25) is 0 Å². The van der Waals surface area contributed by atoms with Crippen molar-refractivity contribution in [2.75, 3.05) is 11.5 Å². The second-order valence-corrected chi connectivity index (χ2v) is 6.10. The second-order valence-electron chi connectivity index (χ2n) is 4.44. The van der Waals surface area contributed by atoms with E-state index >= 15 is 0 Å². The van der Waals surface area contributed by atoms with E-state index in [0.717, 1.165) is 23.8 Å². The Morgan fingerprint density at radius 3 is 3.06 bits per heavy atom.